The van der Waals surface area contributed by atoms with Crippen LogP contribution >= 0.6 is 0 Å². The summed E-state index contributed by atoms with van der Waals surface area (Å²) in [6.45, 7) is 1.79. The molecule has 1 aromatic rings. The number of nitro benzene ring substituents is 1. The number of hydrogen-bond donors (Lipinski definition) is 1. The van der Waals surface area contributed by atoms with Crippen molar-refractivity contribution in [3.8, 4) is 5.75 Å². The van der Waals surface area contributed by atoms with Gasteiger partial charge >= 0.3 is 5.97 Å². The molecule has 2 N–H and O–H groups in total. The maximum atomic E-state index is 11.1. The largest absolute Gasteiger partial charge is 0.482 e. The SMILES string of the molecule is CCOC(=O)COc1ccc([N+](=O)[O-])cc1CN. The van der Waals surface area contributed by atoms with Crippen molar-refractivity contribution in [3.63, 3.8) is 0 Å². The minimum Gasteiger partial charge on any atom is -0.482 e. The third kappa shape index (κ3) is 3.70. The Morgan fingerprint density at radius 1 is 1.50 bits per heavy atom. The molecule has 0 amide bonds. The van der Waals surface area contributed by atoms with E-state index in [1.54, 1.807) is 6.92 Å². The molecule has 0 aliphatic rings. The van der Waals surface area contributed by atoms with Crippen molar-refractivity contribution in [1.82, 2.24) is 0 Å². The summed E-state index contributed by atoms with van der Waals surface area (Å²) in [4.78, 5) is 21.2. The number of carbonyl (C=O) groups is 1. The fourth-order valence-corrected chi connectivity index (χ4v) is 1.32. The number of ether oxygens (including phenoxy) is 2. The van der Waals surface area contributed by atoms with Gasteiger partial charge in [-0.3, -0.25) is 10.1 Å². The van der Waals surface area contributed by atoms with Gasteiger partial charge in [0.05, 0.1) is 11.5 Å². The Morgan fingerprint density at radius 3 is 2.78 bits per heavy atom. The lowest BCUT2D eigenvalue weighted by molar-refractivity contribution is -0.384. The standard InChI is InChI=1S/C11H14N2O5/c1-2-17-11(14)7-18-10-4-3-9(13(15)16)5-8(10)6-12/h3-5H,2,6-7,12H2,1H3. The van der Waals surface area contributed by atoms with E-state index in [-0.39, 0.29) is 25.4 Å². The average Bonchev–Trinajstić information content (AvgIpc) is 2.36. The Balaban J connectivity index is 2.76. The molecule has 0 aromatic heterocycles. The summed E-state index contributed by atoms with van der Waals surface area (Å²) in [5.74, 6) is -0.157. The first-order chi connectivity index (χ1) is 8.58. The molecule has 0 unspecified atom stereocenters. The second-order valence-corrected chi connectivity index (χ2v) is 3.35. The van der Waals surface area contributed by atoms with Crippen molar-refractivity contribution in [1.29, 1.82) is 0 Å². The number of carbonyl (C=O) groups excluding carboxylic acids is 1. The first kappa shape index (κ1) is 13.9. The van der Waals surface area contributed by atoms with E-state index in [1.807, 2.05) is 0 Å². The van der Waals surface area contributed by atoms with Gasteiger partial charge in [-0.1, -0.05) is 0 Å². The Kier molecular flexibility index (Phi) is 5.06. The van der Waals surface area contributed by atoms with E-state index in [0.717, 1.165) is 0 Å². The summed E-state index contributed by atoms with van der Waals surface area (Å²) >= 11 is 0. The molecular weight excluding hydrogens is 240 g/mol. The smallest absolute Gasteiger partial charge is 0.344 e. The molecule has 0 fully saturated rings. The second kappa shape index (κ2) is 6.55. The van der Waals surface area contributed by atoms with Crippen LogP contribution in [0.1, 0.15) is 12.5 Å². The Bertz CT molecular complexity index is 447. The van der Waals surface area contributed by atoms with Gasteiger partial charge < -0.3 is 15.2 Å². The molecule has 0 saturated heterocycles. The molecule has 0 spiro atoms. The van der Waals surface area contributed by atoms with Crippen LogP contribution in [-0.4, -0.2) is 24.1 Å². The van der Waals surface area contributed by atoms with Crippen molar-refractivity contribution in [2.45, 2.75) is 13.5 Å². The maximum absolute atomic E-state index is 11.1. The minimum absolute atomic E-state index is 0.0704. The van der Waals surface area contributed by atoms with Crippen LogP contribution in [0.25, 0.3) is 0 Å². The van der Waals surface area contributed by atoms with Gasteiger partial charge in [0, 0.05) is 24.2 Å². The number of benzene rings is 1. The summed E-state index contributed by atoms with van der Waals surface area (Å²) in [5, 5.41) is 10.6. The lowest BCUT2D eigenvalue weighted by atomic mass is 10.2. The molecule has 0 atom stereocenters. The zero-order valence-corrected chi connectivity index (χ0v) is 9.92. The summed E-state index contributed by atoms with van der Waals surface area (Å²) in [5.41, 5.74) is 5.86. The van der Waals surface area contributed by atoms with Crippen molar-refractivity contribution in [2.75, 3.05) is 13.2 Å². The Labute approximate surface area is 104 Å². The number of nitro groups is 1. The van der Waals surface area contributed by atoms with Gasteiger partial charge in [0.1, 0.15) is 5.75 Å². The van der Waals surface area contributed by atoms with E-state index >= 15 is 0 Å². The van der Waals surface area contributed by atoms with Crippen molar-refractivity contribution < 1.29 is 19.2 Å². The van der Waals surface area contributed by atoms with Crippen molar-refractivity contribution >= 4 is 11.7 Å². The molecule has 0 radical (unpaired) electrons. The van der Waals surface area contributed by atoms with Crippen molar-refractivity contribution in [3.05, 3.63) is 33.9 Å². The Morgan fingerprint density at radius 2 is 2.22 bits per heavy atom. The molecule has 0 aliphatic heterocycles. The number of non-ortho nitro benzene ring substituents is 1. The number of rotatable bonds is 6. The lowest BCUT2D eigenvalue weighted by Crippen LogP contribution is -2.15. The minimum atomic E-state index is -0.520. The molecular formula is C11H14N2O5. The number of hydrogen-bond acceptors (Lipinski definition) is 6. The zero-order chi connectivity index (χ0) is 13.5. The van der Waals surface area contributed by atoms with Gasteiger partial charge in [0.25, 0.3) is 5.69 Å². The van der Waals surface area contributed by atoms with E-state index in [2.05, 4.69) is 0 Å². The van der Waals surface area contributed by atoms with E-state index in [4.69, 9.17) is 15.2 Å². The normalized spacial score (nSPS) is 9.89. The van der Waals surface area contributed by atoms with E-state index < -0.39 is 10.9 Å². The molecule has 18 heavy (non-hydrogen) atoms. The highest BCUT2D eigenvalue weighted by Crippen LogP contribution is 2.23. The molecule has 1 aromatic carbocycles. The predicted molar refractivity (Wildman–Crippen MR) is 63.1 cm³/mol. The third-order valence-electron chi connectivity index (χ3n) is 2.13. The van der Waals surface area contributed by atoms with Crippen LogP contribution in [0.15, 0.2) is 18.2 Å². The fourth-order valence-electron chi connectivity index (χ4n) is 1.32. The summed E-state index contributed by atoms with van der Waals surface area (Å²) in [6, 6.07) is 4.03. The molecule has 98 valence electrons. The van der Waals surface area contributed by atoms with Gasteiger partial charge in [-0.2, -0.15) is 0 Å². The average molecular weight is 254 g/mol. The van der Waals surface area contributed by atoms with E-state index in [1.165, 1.54) is 18.2 Å². The molecule has 0 saturated carbocycles. The number of nitrogens with zero attached hydrogens (tertiary/aromatic N) is 1. The topological polar surface area (TPSA) is 105 Å². The predicted octanol–water partition coefficient (Wildman–Crippen LogP) is 0.995. The van der Waals surface area contributed by atoms with Crippen LogP contribution in [-0.2, 0) is 16.1 Å². The number of esters is 1. The molecule has 0 aliphatic carbocycles. The zero-order valence-electron chi connectivity index (χ0n) is 9.92. The van der Waals surface area contributed by atoms with Crippen LogP contribution < -0.4 is 10.5 Å². The lowest BCUT2D eigenvalue weighted by Gasteiger charge is -2.09. The highest BCUT2D eigenvalue weighted by molar-refractivity contribution is 5.71. The van der Waals surface area contributed by atoms with Crippen LogP contribution in [0, 0.1) is 10.1 Å². The molecule has 7 heteroatoms. The highest BCUT2D eigenvalue weighted by atomic mass is 16.6. The monoisotopic (exact) mass is 254 g/mol. The number of nitrogens with two attached hydrogens (primary N) is 1. The first-order valence-electron chi connectivity index (χ1n) is 5.34. The molecule has 0 heterocycles. The third-order valence-corrected chi connectivity index (χ3v) is 2.13. The van der Waals surface area contributed by atoms with Gasteiger partial charge in [-0.15, -0.1) is 0 Å². The fraction of sp³-hybridized carbons (Fsp3) is 0.364. The second-order valence-electron chi connectivity index (χ2n) is 3.35. The van der Waals surface area contributed by atoms with Gasteiger partial charge in [-0.05, 0) is 13.0 Å². The maximum Gasteiger partial charge on any atom is 0.344 e. The van der Waals surface area contributed by atoms with Crippen LogP contribution in [0.2, 0.25) is 0 Å². The molecule has 7 nitrogen and oxygen atoms in total. The van der Waals surface area contributed by atoms with Gasteiger partial charge in [-0.25, -0.2) is 4.79 Å². The van der Waals surface area contributed by atoms with Gasteiger partial charge in [0.2, 0.25) is 0 Å². The van der Waals surface area contributed by atoms with Crippen molar-refractivity contribution in [2.24, 2.45) is 5.73 Å². The van der Waals surface area contributed by atoms with Crippen LogP contribution in [0.3, 0.4) is 0 Å². The van der Waals surface area contributed by atoms with Gasteiger partial charge in [0.15, 0.2) is 6.61 Å². The van der Waals surface area contributed by atoms with Crippen LogP contribution in [0.5, 0.6) is 5.75 Å². The first-order valence-corrected chi connectivity index (χ1v) is 5.34. The highest BCUT2D eigenvalue weighted by Gasteiger charge is 2.12. The van der Waals surface area contributed by atoms with Crippen LogP contribution in [0.4, 0.5) is 5.69 Å². The Hall–Kier alpha value is -2.15. The molecule has 0 bridgehead atoms. The summed E-state index contributed by atoms with van der Waals surface area (Å²) < 4.78 is 9.90. The quantitative estimate of drug-likeness (QED) is 0.461. The van der Waals surface area contributed by atoms with E-state index in [0.29, 0.717) is 11.3 Å². The van der Waals surface area contributed by atoms with E-state index in [9.17, 15) is 14.9 Å². The summed E-state index contributed by atoms with van der Waals surface area (Å²) in [6.07, 6.45) is 0. The summed E-state index contributed by atoms with van der Waals surface area (Å²) in [7, 11) is 0. The molecule has 1 rings (SSSR count).